The summed E-state index contributed by atoms with van der Waals surface area (Å²) < 4.78 is 5.23. The zero-order chi connectivity index (χ0) is 18.9. The molecule has 26 heavy (non-hydrogen) atoms. The van der Waals surface area contributed by atoms with Crippen LogP contribution in [0.3, 0.4) is 0 Å². The van der Waals surface area contributed by atoms with Gasteiger partial charge in [0.2, 0.25) is 0 Å². The lowest BCUT2D eigenvalue weighted by atomic mass is 10.1. The molecule has 2 amide bonds. The highest BCUT2D eigenvalue weighted by Gasteiger charge is 2.31. The first-order chi connectivity index (χ1) is 12.2. The van der Waals surface area contributed by atoms with Crippen LogP contribution in [0.5, 0.6) is 0 Å². The van der Waals surface area contributed by atoms with Crippen molar-refractivity contribution in [1.82, 2.24) is 0 Å². The molecule has 0 saturated heterocycles. The van der Waals surface area contributed by atoms with Crippen molar-refractivity contribution < 1.29 is 14.3 Å². The Morgan fingerprint density at radius 1 is 1.08 bits per heavy atom. The van der Waals surface area contributed by atoms with E-state index in [1.54, 1.807) is 24.3 Å². The third kappa shape index (κ3) is 3.87. The number of rotatable bonds is 2. The average Bonchev–Trinajstić information content (AvgIpc) is 2.88. The topological polar surface area (TPSA) is 58.6 Å². The second kappa shape index (κ2) is 6.83. The number of carbonyl (C=O) groups is 2. The maximum absolute atomic E-state index is 13.0. The van der Waals surface area contributed by atoms with Gasteiger partial charge >= 0.3 is 6.09 Å². The van der Waals surface area contributed by atoms with Crippen LogP contribution in [-0.4, -0.2) is 23.6 Å². The van der Waals surface area contributed by atoms with E-state index in [0.717, 1.165) is 12.1 Å². The minimum absolute atomic E-state index is 0.0359. The number of hydrogen-bond donors (Lipinski definition) is 1. The molecule has 5 heteroatoms. The lowest BCUT2D eigenvalue weighted by molar-refractivity contribution is 0.0636. The number of fused-ring (bicyclic) bond motifs is 1. The molecule has 1 atom stereocenters. The predicted octanol–water partition coefficient (Wildman–Crippen LogP) is 4.63. The van der Waals surface area contributed by atoms with Crippen LogP contribution in [0.4, 0.5) is 16.2 Å². The summed E-state index contributed by atoms with van der Waals surface area (Å²) in [6.07, 6.45) is 0.346. The third-order valence-corrected chi connectivity index (χ3v) is 4.20. The largest absolute Gasteiger partial charge is 0.444 e. The number of anilines is 2. The minimum Gasteiger partial charge on any atom is -0.444 e. The zero-order valence-electron chi connectivity index (χ0n) is 15.6. The van der Waals surface area contributed by atoms with Gasteiger partial charge in [0.25, 0.3) is 5.91 Å². The average molecular weight is 352 g/mol. The van der Waals surface area contributed by atoms with E-state index in [0.29, 0.717) is 11.3 Å². The summed E-state index contributed by atoms with van der Waals surface area (Å²) in [5.41, 5.74) is 2.78. The van der Waals surface area contributed by atoms with Gasteiger partial charge in [-0.05, 0) is 70.0 Å². The van der Waals surface area contributed by atoms with Crippen molar-refractivity contribution in [2.45, 2.75) is 45.8 Å². The summed E-state index contributed by atoms with van der Waals surface area (Å²) in [4.78, 5) is 26.6. The first kappa shape index (κ1) is 18.0. The molecular formula is C21H24N2O3. The quantitative estimate of drug-likeness (QED) is 0.857. The van der Waals surface area contributed by atoms with Crippen molar-refractivity contribution in [2.75, 3.05) is 10.2 Å². The van der Waals surface area contributed by atoms with E-state index in [1.807, 2.05) is 43.9 Å². The Morgan fingerprint density at radius 2 is 1.73 bits per heavy atom. The van der Waals surface area contributed by atoms with E-state index in [-0.39, 0.29) is 11.9 Å². The summed E-state index contributed by atoms with van der Waals surface area (Å²) in [5.74, 6) is -0.0359. The number of nitrogens with one attached hydrogen (secondary N) is 1. The molecule has 0 radical (unpaired) electrons. The van der Waals surface area contributed by atoms with Crippen LogP contribution in [-0.2, 0) is 11.2 Å². The molecule has 2 aromatic carbocycles. The van der Waals surface area contributed by atoms with Crippen LogP contribution < -0.4 is 10.2 Å². The standard InChI is InChI=1S/C21H24N2O3/c1-14-13-16-7-5-6-8-18(16)23(14)19(24)15-9-11-17(12-10-15)22-20(25)26-21(2,3)4/h5-12,14H,13H2,1-4H3,(H,22,25). The summed E-state index contributed by atoms with van der Waals surface area (Å²) >= 11 is 0. The summed E-state index contributed by atoms with van der Waals surface area (Å²) in [5, 5.41) is 2.67. The fourth-order valence-corrected chi connectivity index (χ4v) is 3.13. The van der Waals surface area contributed by atoms with Gasteiger partial charge in [0.05, 0.1) is 0 Å². The molecule has 1 N–H and O–H groups in total. The highest BCUT2D eigenvalue weighted by atomic mass is 16.6. The van der Waals surface area contributed by atoms with E-state index in [9.17, 15) is 9.59 Å². The van der Waals surface area contributed by atoms with Crippen LogP contribution in [0.15, 0.2) is 48.5 Å². The summed E-state index contributed by atoms with van der Waals surface area (Å²) in [6, 6.07) is 15.0. The number of hydrogen-bond acceptors (Lipinski definition) is 3. The van der Waals surface area contributed by atoms with Gasteiger partial charge in [-0.2, -0.15) is 0 Å². The minimum atomic E-state index is -0.556. The highest BCUT2D eigenvalue weighted by Crippen LogP contribution is 2.33. The fraction of sp³-hybridized carbons (Fsp3) is 0.333. The van der Waals surface area contributed by atoms with Gasteiger partial charge in [-0.25, -0.2) is 4.79 Å². The number of ether oxygens (including phenoxy) is 1. The van der Waals surface area contributed by atoms with Gasteiger partial charge in [-0.3, -0.25) is 10.1 Å². The van der Waals surface area contributed by atoms with Crippen molar-refractivity contribution in [3.63, 3.8) is 0 Å². The first-order valence-electron chi connectivity index (χ1n) is 8.76. The van der Waals surface area contributed by atoms with Gasteiger partial charge in [-0.15, -0.1) is 0 Å². The van der Waals surface area contributed by atoms with E-state index in [2.05, 4.69) is 18.3 Å². The zero-order valence-corrected chi connectivity index (χ0v) is 15.6. The Labute approximate surface area is 154 Å². The molecule has 0 bridgehead atoms. The molecular weight excluding hydrogens is 328 g/mol. The van der Waals surface area contributed by atoms with Crippen LogP contribution >= 0.6 is 0 Å². The number of nitrogens with zero attached hydrogens (tertiary/aromatic N) is 1. The van der Waals surface area contributed by atoms with E-state index >= 15 is 0 Å². The number of benzene rings is 2. The normalized spacial score (nSPS) is 16.2. The van der Waals surface area contributed by atoms with Crippen LogP contribution in [0, 0.1) is 0 Å². The molecule has 1 heterocycles. The Hall–Kier alpha value is -2.82. The van der Waals surface area contributed by atoms with E-state index in [1.165, 1.54) is 5.56 Å². The number of amides is 2. The van der Waals surface area contributed by atoms with Gasteiger partial charge in [0.1, 0.15) is 5.60 Å². The Kier molecular flexibility index (Phi) is 4.72. The van der Waals surface area contributed by atoms with Crippen molar-refractivity contribution >= 4 is 23.4 Å². The summed E-state index contributed by atoms with van der Waals surface area (Å²) in [6.45, 7) is 7.48. The van der Waals surface area contributed by atoms with Crippen LogP contribution in [0.1, 0.15) is 43.6 Å². The molecule has 0 fully saturated rings. The molecule has 2 aromatic rings. The van der Waals surface area contributed by atoms with Crippen molar-refractivity contribution in [3.05, 3.63) is 59.7 Å². The molecule has 0 saturated carbocycles. The van der Waals surface area contributed by atoms with E-state index < -0.39 is 11.7 Å². The van der Waals surface area contributed by atoms with Gasteiger partial charge in [0.15, 0.2) is 0 Å². The third-order valence-electron chi connectivity index (χ3n) is 4.20. The molecule has 3 rings (SSSR count). The van der Waals surface area contributed by atoms with E-state index in [4.69, 9.17) is 4.74 Å². The van der Waals surface area contributed by atoms with Crippen LogP contribution in [0.25, 0.3) is 0 Å². The summed E-state index contributed by atoms with van der Waals surface area (Å²) in [7, 11) is 0. The maximum atomic E-state index is 13.0. The molecule has 1 aliphatic heterocycles. The lowest BCUT2D eigenvalue weighted by Crippen LogP contribution is -2.35. The molecule has 1 aliphatic rings. The van der Waals surface area contributed by atoms with Crippen molar-refractivity contribution in [2.24, 2.45) is 0 Å². The van der Waals surface area contributed by atoms with Gasteiger partial charge < -0.3 is 9.64 Å². The smallest absolute Gasteiger partial charge is 0.412 e. The molecule has 1 unspecified atom stereocenters. The molecule has 0 aliphatic carbocycles. The Balaban J connectivity index is 1.73. The second-order valence-electron chi connectivity index (χ2n) is 7.56. The SMILES string of the molecule is CC1Cc2ccccc2N1C(=O)c1ccc(NC(=O)OC(C)(C)C)cc1. The Morgan fingerprint density at radius 3 is 2.38 bits per heavy atom. The number of para-hydroxylation sites is 1. The predicted molar refractivity (Wildman–Crippen MR) is 103 cm³/mol. The monoisotopic (exact) mass is 352 g/mol. The molecule has 0 aromatic heterocycles. The van der Waals surface area contributed by atoms with Gasteiger partial charge in [0, 0.05) is 23.0 Å². The van der Waals surface area contributed by atoms with Crippen molar-refractivity contribution in [1.29, 1.82) is 0 Å². The van der Waals surface area contributed by atoms with Crippen LogP contribution in [0.2, 0.25) is 0 Å². The maximum Gasteiger partial charge on any atom is 0.412 e. The molecule has 5 nitrogen and oxygen atoms in total. The highest BCUT2D eigenvalue weighted by molar-refractivity contribution is 6.08. The first-order valence-corrected chi connectivity index (χ1v) is 8.76. The molecule has 136 valence electrons. The second-order valence-corrected chi connectivity index (χ2v) is 7.56. The Bertz CT molecular complexity index is 822. The van der Waals surface area contributed by atoms with Gasteiger partial charge in [-0.1, -0.05) is 18.2 Å². The fourth-order valence-electron chi connectivity index (χ4n) is 3.13. The van der Waals surface area contributed by atoms with Crippen molar-refractivity contribution in [3.8, 4) is 0 Å². The lowest BCUT2D eigenvalue weighted by Gasteiger charge is -2.23. The molecule has 0 spiro atoms. The number of carbonyl (C=O) groups excluding carboxylic acids is 2.